The zero-order chi connectivity index (χ0) is 8.27. The number of hydrogen-bond acceptors (Lipinski definition) is 4. The standard InChI is InChI=1S/C7H16N2OS/c1-5(2-8)11-7-4-9-3-6(7)10/h5-7,9-10H,2-4,8H2,1H3. The summed E-state index contributed by atoms with van der Waals surface area (Å²) in [7, 11) is 0. The van der Waals surface area contributed by atoms with Gasteiger partial charge in [0.25, 0.3) is 0 Å². The van der Waals surface area contributed by atoms with Crippen LogP contribution < -0.4 is 11.1 Å². The van der Waals surface area contributed by atoms with E-state index < -0.39 is 0 Å². The van der Waals surface area contributed by atoms with Gasteiger partial charge in [-0.25, -0.2) is 0 Å². The molecule has 0 spiro atoms. The molecule has 4 heteroatoms. The van der Waals surface area contributed by atoms with Gasteiger partial charge in [0.2, 0.25) is 0 Å². The highest BCUT2D eigenvalue weighted by atomic mass is 32.2. The number of aliphatic hydroxyl groups is 1. The van der Waals surface area contributed by atoms with E-state index in [4.69, 9.17) is 5.73 Å². The smallest absolute Gasteiger partial charge is 0.0795 e. The Balaban J connectivity index is 2.24. The second-order valence-electron chi connectivity index (χ2n) is 2.95. The first-order valence-corrected chi connectivity index (χ1v) is 4.92. The minimum absolute atomic E-state index is 0.186. The third kappa shape index (κ3) is 2.63. The molecule has 0 amide bonds. The summed E-state index contributed by atoms with van der Waals surface area (Å²) in [5.41, 5.74) is 5.47. The fourth-order valence-electron chi connectivity index (χ4n) is 1.13. The number of aliphatic hydroxyl groups excluding tert-OH is 1. The maximum absolute atomic E-state index is 9.41. The third-order valence-corrected chi connectivity index (χ3v) is 3.35. The van der Waals surface area contributed by atoms with Crippen LogP contribution in [-0.4, -0.2) is 41.3 Å². The maximum atomic E-state index is 9.41. The van der Waals surface area contributed by atoms with Crippen molar-refractivity contribution in [2.24, 2.45) is 5.73 Å². The van der Waals surface area contributed by atoms with Crippen molar-refractivity contribution in [2.45, 2.75) is 23.5 Å². The van der Waals surface area contributed by atoms with Crippen LogP contribution in [0, 0.1) is 0 Å². The summed E-state index contributed by atoms with van der Waals surface area (Å²) in [4.78, 5) is 0. The van der Waals surface area contributed by atoms with Crippen molar-refractivity contribution in [1.29, 1.82) is 0 Å². The fourth-order valence-corrected chi connectivity index (χ4v) is 2.33. The predicted octanol–water partition coefficient (Wildman–Crippen LogP) is -0.600. The minimum Gasteiger partial charge on any atom is -0.391 e. The monoisotopic (exact) mass is 176 g/mol. The normalized spacial score (nSPS) is 34.1. The van der Waals surface area contributed by atoms with E-state index in [1.807, 2.05) is 0 Å². The Labute approximate surface area is 71.7 Å². The van der Waals surface area contributed by atoms with Crippen molar-refractivity contribution < 1.29 is 5.11 Å². The van der Waals surface area contributed by atoms with E-state index in [0.717, 1.165) is 13.1 Å². The van der Waals surface area contributed by atoms with Crippen molar-refractivity contribution in [3.05, 3.63) is 0 Å². The molecule has 0 radical (unpaired) electrons. The van der Waals surface area contributed by atoms with E-state index in [1.165, 1.54) is 0 Å². The van der Waals surface area contributed by atoms with Crippen molar-refractivity contribution in [1.82, 2.24) is 5.32 Å². The molecule has 1 rings (SSSR count). The zero-order valence-corrected chi connectivity index (χ0v) is 7.60. The lowest BCUT2D eigenvalue weighted by atomic mass is 10.3. The van der Waals surface area contributed by atoms with E-state index in [1.54, 1.807) is 11.8 Å². The maximum Gasteiger partial charge on any atom is 0.0795 e. The molecule has 0 bridgehead atoms. The first-order chi connectivity index (χ1) is 5.24. The van der Waals surface area contributed by atoms with Crippen LogP contribution in [0.15, 0.2) is 0 Å². The van der Waals surface area contributed by atoms with E-state index in [2.05, 4.69) is 12.2 Å². The van der Waals surface area contributed by atoms with E-state index in [-0.39, 0.29) is 6.10 Å². The Kier molecular flexibility index (Phi) is 3.65. The van der Waals surface area contributed by atoms with Crippen LogP contribution in [0.1, 0.15) is 6.92 Å². The number of β-amino-alcohol motifs (C(OH)–C–C–N with tert-alkyl or cyclic N) is 1. The predicted molar refractivity (Wildman–Crippen MR) is 48.8 cm³/mol. The summed E-state index contributed by atoms with van der Waals surface area (Å²) in [6.07, 6.45) is -0.186. The highest BCUT2D eigenvalue weighted by molar-refractivity contribution is 8.00. The quantitative estimate of drug-likeness (QED) is 0.537. The number of rotatable bonds is 3. The van der Waals surface area contributed by atoms with Crippen LogP contribution in [0.3, 0.4) is 0 Å². The fraction of sp³-hybridized carbons (Fsp3) is 1.00. The lowest BCUT2D eigenvalue weighted by Crippen LogP contribution is -2.25. The van der Waals surface area contributed by atoms with Gasteiger partial charge in [0.15, 0.2) is 0 Å². The summed E-state index contributed by atoms with van der Waals surface area (Å²) in [5.74, 6) is 0. The average molecular weight is 176 g/mol. The summed E-state index contributed by atoms with van der Waals surface area (Å²) in [6, 6.07) is 0. The van der Waals surface area contributed by atoms with E-state index in [9.17, 15) is 5.11 Å². The molecule has 3 atom stereocenters. The Morgan fingerprint density at radius 2 is 2.45 bits per heavy atom. The van der Waals surface area contributed by atoms with Crippen molar-refractivity contribution in [2.75, 3.05) is 19.6 Å². The topological polar surface area (TPSA) is 58.3 Å². The molecule has 0 aromatic heterocycles. The molecule has 66 valence electrons. The second-order valence-corrected chi connectivity index (χ2v) is 4.63. The highest BCUT2D eigenvalue weighted by Crippen LogP contribution is 2.21. The number of nitrogens with one attached hydrogen (secondary N) is 1. The molecule has 11 heavy (non-hydrogen) atoms. The van der Waals surface area contributed by atoms with E-state index >= 15 is 0 Å². The van der Waals surface area contributed by atoms with Crippen molar-refractivity contribution >= 4 is 11.8 Å². The molecule has 1 saturated heterocycles. The molecule has 0 aromatic rings. The molecule has 0 saturated carbocycles. The van der Waals surface area contributed by atoms with Gasteiger partial charge >= 0.3 is 0 Å². The molecular weight excluding hydrogens is 160 g/mol. The van der Waals surface area contributed by atoms with Gasteiger partial charge in [0.05, 0.1) is 6.10 Å². The van der Waals surface area contributed by atoms with Gasteiger partial charge < -0.3 is 16.2 Å². The lowest BCUT2D eigenvalue weighted by molar-refractivity contribution is 0.201. The number of nitrogens with two attached hydrogens (primary N) is 1. The first kappa shape index (κ1) is 9.32. The molecule has 0 aromatic carbocycles. The summed E-state index contributed by atoms with van der Waals surface area (Å²) in [6.45, 7) is 4.43. The Morgan fingerprint density at radius 3 is 2.91 bits per heavy atom. The average Bonchev–Trinajstić information content (AvgIpc) is 2.37. The van der Waals surface area contributed by atoms with Crippen molar-refractivity contribution in [3.63, 3.8) is 0 Å². The molecule has 4 N–H and O–H groups in total. The summed E-state index contributed by atoms with van der Waals surface area (Å²) in [5, 5.41) is 13.3. The van der Waals surface area contributed by atoms with Crippen LogP contribution >= 0.6 is 11.8 Å². The minimum atomic E-state index is -0.186. The Morgan fingerprint density at radius 1 is 1.73 bits per heavy atom. The third-order valence-electron chi connectivity index (χ3n) is 1.87. The van der Waals surface area contributed by atoms with Gasteiger partial charge in [-0.15, -0.1) is 0 Å². The Bertz CT molecular complexity index is 123. The van der Waals surface area contributed by atoms with Crippen molar-refractivity contribution in [3.8, 4) is 0 Å². The van der Waals surface area contributed by atoms with E-state index in [0.29, 0.717) is 17.0 Å². The summed E-state index contributed by atoms with van der Waals surface area (Å²) < 4.78 is 0. The molecule has 1 aliphatic rings. The first-order valence-electron chi connectivity index (χ1n) is 3.98. The van der Waals surface area contributed by atoms with Gasteiger partial charge in [0.1, 0.15) is 0 Å². The van der Waals surface area contributed by atoms with Gasteiger partial charge in [-0.05, 0) is 0 Å². The van der Waals surface area contributed by atoms with Crippen LogP contribution in [0.4, 0.5) is 0 Å². The highest BCUT2D eigenvalue weighted by Gasteiger charge is 2.26. The largest absolute Gasteiger partial charge is 0.391 e. The van der Waals surface area contributed by atoms with Crippen LogP contribution in [0.5, 0.6) is 0 Å². The Hall–Kier alpha value is 0.230. The van der Waals surface area contributed by atoms with Gasteiger partial charge in [-0.3, -0.25) is 0 Å². The molecular formula is C7H16N2OS. The second kappa shape index (κ2) is 4.30. The van der Waals surface area contributed by atoms with Crippen LogP contribution in [0.25, 0.3) is 0 Å². The number of thioether (sulfide) groups is 1. The number of hydrogen-bond donors (Lipinski definition) is 3. The molecule has 0 aliphatic carbocycles. The molecule has 1 heterocycles. The molecule has 1 aliphatic heterocycles. The van der Waals surface area contributed by atoms with Crippen LogP contribution in [-0.2, 0) is 0 Å². The SMILES string of the molecule is CC(CN)SC1CNCC1O. The zero-order valence-electron chi connectivity index (χ0n) is 6.79. The molecule has 3 nitrogen and oxygen atoms in total. The van der Waals surface area contributed by atoms with Gasteiger partial charge in [-0.1, -0.05) is 6.92 Å². The van der Waals surface area contributed by atoms with Gasteiger partial charge in [-0.2, -0.15) is 11.8 Å². The molecule has 3 unspecified atom stereocenters. The lowest BCUT2D eigenvalue weighted by Gasteiger charge is -2.16. The molecule has 1 fully saturated rings. The van der Waals surface area contributed by atoms with Gasteiger partial charge in [0, 0.05) is 30.1 Å². The summed E-state index contributed by atoms with van der Waals surface area (Å²) >= 11 is 1.78. The van der Waals surface area contributed by atoms with Crippen LogP contribution in [0.2, 0.25) is 0 Å².